The molecular formula is C28H18ClFN4O2S. The van der Waals surface area contributed by atoms with E-state index in [1.807, 2.05) is 30.3 Å². The fourth-order valence-electron chi connectivity index (χ4n) is 4.20. The lowest BCUT2D eigenvalue weighted by molar-refractivity contribution is 0.589. The van der Waals surface area contributed by atoms with Crippen molar-refractivity contribution in [3.63, 3.8) is 0 Å². The van der Waals surface area contributed by atoms with E-state index in [2.05, 4.69) is 0 Å². The molecule has 4 aromatic carbocycles. The topological polar surface area (TPSA) is 69.8 Å². The second kappa shape index (κ2) is 8.99. The van der Waals surface area contributed by atoms with Gasteiger partial charge in [-0.1, -0.05) is 41.9 Å². The third-order valence-corrected chi connectivity index (χ3v) is 7.93. The van der Waals surface area contributed by atoms with Crippen molar-refractivity contribution in [1.82, 2.24) is 18.7 Å². The summed E-state index contributed by atoms with van der Waals surface area (Å²) in [6.45, 7) is 0. The summed E-state index contributed by atoms with van der Waals surface area (Å²) in [6, 6.07) is 28.3. The lowest BCUT2D eigenvalue weighted by Gasteiger charge is -2.11. The molecule has 0 amide bonds. The van der Waals surface area contributed by atoms with Crippen molar-refractivity contribution in [1.29, 1.82) is 0 Å². The number of aromatic nitrogens is 4. The maximum atomic E-state index is 14.0. The van der Waals surface area contributed by atoms with Gasteiger partial charge in [0, 0.05) is 16.8 Å². The van der Waals surface area contributed by atoms with Crippen LogP contribution in [0, 0.1) is 5.82 Å². The Labute approximate surface area is 217 Å². The van der Waals surface area contributed by atoms with Crippen LogP contribution < -0.4 is 0 Å². The summed E-state index contributed by atoms with van der Waals surface area (Å²) < 4.78 is 44.6. The van der Waals surface area contributed by atoms with Gasteiger partial charge in [-0.05, 0) is 72.8 Å². The molecule has 9 heteroatoms. The quantitative estimate of drug-likeness (QED) is 0.253. The number of imidazole rings is 1. The normalized spacial score (nSPS) is 11.7. The summed E-state index contributed by atoms with van der Waals surface area (Å²) >= 11 is 6.02. The molecule has 6 rings (SSSR count). The van der Waals surface area contributed by atoms with Crippen LogP contribution in [0.2, 0.25) is 5.02 Å². The summed E-state index contributed by atoms with van der Waals surface area (Å²) in [5, 5.41) is 5.19. The number of halogens is 2. The Morgan fingerprint density at radius 3 is 2.19 bits per heavy atom. The van der Waals surface area contributed by atoms with Crippen LogP contribution in [0.3, 0.4) is 0 Å². The van der Waals surface area contributed by atoms with Gasteiger partial charge < -0.3 is 0 Å². The Kier molecular flexibility index (Phi) is 5.62. The molecule has 0 aliphatic rings. The fraction of sp³-hybridized carbons (Fsp3) is 0. The van der Waals surface area contributed by atoms with Crippen molar-refractivity contribution in [2.75, 3.05) is 0 Å². The van der Waals surface area contributed by atoms with Crippen molar-refractivity contribution < 1.29 is 12.8 Å². The first-order valence-corrected chi connectivity index (χ1v) is 13.1. The standard InChI is InChI=1S/C28H18ClFN4O2S/c29-20-12-16-23(17-13-20)37(35,36)34-26-9-5-4-8-25(26)31-28(34)24-18-33(22-6-2-1-3-7-22)32-27(24)19-10-14-21(30)15-11-19/h1-18H. The van der Waals surface area contributed by atoms with E-state index in [4.69, 9.17) is 21.7 Å². The molecule has 0 N–H and O–H groups in total. The van der Waals surface area contributed by atoms with E-state index in [9.17, 15) is 12.8 Å². The largest absolute Gasteiger partial charge is 0.269 e. The van der Waals surface area contributed by atoms with Crippen LogP contribution in [0.25, 0.3) is 39.4 Å². The summed E-state index contributed by atoms with van der Waals surface area (Å²) in [7, 11) is -4.08. The number of fused-ring (bicyclic) bond motifs is 1. The molecule has 0 atom stereocenters. The third-order valence-electron chi connectivity index (χ3n) is 5.96. The summed E-state index contributed by atoms with van der Waals surface area (Å²) in [5.74, 6) is -0.192. The number of hydrogen-bond acceptors (Lipinski definition) is 4. The number of nitrogens with zero attached hydrogens (tertiary/aromatic N) is 4. The molecule has 0 saturated carbocycles. The van der Waals surface area contributed by atoms with Gasteiger partial charge in [0.15, 0.2) is 5.82 Å². The van der Waals surface area contributed by atoms with Crippen LogP contribution in [0.5, 0.6) is 0 Å². The third kappa shape index (κ3) is 4.10. The summed E-state index contributed by atoms with van der Waals surface area (Å²) in [6.07, 6.45) is 1.74. The first-order valence-electron chi connectivity index (χ1n) is 11.3. The highest BCUT2D eigenvalue weighted by molar-refractivity contribution is 7.90. The molecule has 0 radical (unpaired) electrons. The van der Waals surface area contributed by atoms with Crippen LogP contribution in [-0.2, 0) is 10.0 Å². The van der Waals surface area contributed by atoms with E-state index in [0.29, 0.717) is 32.9 Å². The van der Waals surface area contributed by atoms with E-state index in [0.717, 1.165) is 5.69 Å². The molecule has 37 heavy (non-hydrogen) atoms. The van der Waals surface area contributed by atoms with E-state index < -0.39 is 10.0 Å². The molecule has 0 spiro atoms. The van der Waals surface area contributed by atoms with Gasteiger partial charge in [-0.3, -0.25) is 0 Å². The van der Waals surface area contributed by atoms with Crippen molar-refractivity contribution in [3.8, 4) is 28.3 Å². The maximum Gasteiger partial charge on any atom is 0.269 e. The minimum atomic E-state index is -4.08. The predicted molar refractivity (Wildman–Crippen MR) is 142 cm³/mol. The molecule has 6 aromatic rings. The van der Waals surface area contributed by atoms with E-state index in [-0.39, 0.29) is 16.5 Å². The van der Waals surface area contributed by atoms with E-state index in [1.54, 1.807) is 47.3 Å². The van der Waals surface area contributed by atoms with Gasteiger partial charge in [0.25, 0.3) is 10.0 Å². The second-order valence-corrected chi connectivity index (χ2v) is 10.5. The fourth-order valence-corrected chi connectivity index (χ4v) is 5.80. The predicted octanol–water partition coefficient (Wildman–Crippen LogP) is 6.59. The average molecular weight is 529 g/mol. The van der Waals surface area contributed by atoms with Gasteiger partial charge in [0.05, 0.1) is 27.2 Å². The lowest BCUT2D eigenvalue weighted by Crippen LogP contribution is -2.14. The van der Waals surface area contributed by atoms with E-state index >= 15 is 0 Å². The molecule has 0 aliphatic carbocycles. The zero-order valence-electron chi connectivity index (χ0n) is 19.2. The first-order chi connectivity index (χ1) is 17.9. The molecule has 0 unspecified atom stereocenters. The smallest absolute Gasteiger partial charge is 0.240 e. The Balaban J connectivity index is 1.66. The highest BCUT2D eigenvalue weighted by Crippen LogP contribution is 2.36. The highest BCUT2D eigenvalue weighted by atomic mass is 35.5. The Bertz CT molecular complexity index is 1850. The minimum Gasteiger partial charge on any atom is -0.240 e. The van der Waals surface area contributed by atoms with E-state index in [1.165, 1.54) is 40.4 Å². The van der Waals surface area contributed by atoms with Crippen molar-refractivity contribution >= 4 is 32.7 Å². The molecule has 2 heterocycles. The molecule has 0 bridgehead atoms. The van der Waals surface area contributed by atoms with Crippen LogP contribution in [0.1, 0.15) is 0 Å². The monoisotopic (exact) mass is 528 g/mol. The van der Waals surface area contributed by atoms with Crippen LogP contribution >= 0.6 is 11.6 Å². The van der Waals surface area contributed by atoms with Crippen molar-refractivity contribution in [2.24, 2.45) is 0 Å². The number of hydrogen-bond donors (Lipinski definition) is 0. The Morgan fingerprint density at radius 2 is 1.46 bits per heavy atom. The molecule has 182 valence electrons. The van der Waals surface area contributed by atoms with Crippen LogP contribution in [-0.4, -0.2) is 27.2 Å². The molecular weight excluding hydrogens is 511 g/mol. The molecule has 0 fully saturated rings. The summed E-state index contributed by atoms with van der Waals surface area (Å²) in [5.41, 5.74) is 3.27. The van der Waals surface area contributed by atoms with Crippen LogP contribution in [0.4, 0.5) is 4.39 Å². The zero-order valence-corrected chi connectivity index (χ0v) is 20.7. The number of para-hydroxylation sites is 3. The SMILES string of the molecule is O=S(=O)(c1ccc(Cl)cc1)n1c(-c2cn(-c3ccccc3)nc2-c2ccc(F)cc2)nc2ccccc21. The minimum absolute atomic E-state index is 0.0695. The summed E-state index contributed by atoms with van der Waals surface area (Å²) in [4.78, 5) is 4.80. The number of benzene rings is 4. The van der Waals surface area contributed by atoms with Crippen molar-refractivity contribution in [2.45, 2.75) is 4.90 Å². The van der Waals surface area contributed by atoms with Gasteiger partial charge in [0.2, 0.25) is 0 Å². The first kappa shape index (κ1) is 23.1. The van der Waals surface area contributed by atoms with Gasteiger partial charge in [-0.2, -0.15) is 5.10 Å². The highest BCUT2D eigenvalue weighted by Gasteiger charge is 2.28. The second-order valence-electron chi connectivity index (χ2n) is 8.33. The Morgan fingerprint density at radius 1 is 0.784 bits per heavy atom. The van der Waals surface area contributed by atoms with Crippen LogP contribution in [0.15, 0.2) is 114 Å². The zero-order chi connectivity index (χ0) is 25.6. The van der Waals surface area contributed by atoms with Gasteiger partial charge in [-0.25, -0.2) is 26.4 Å². The lowest BCUT2D eigenvalue weighted by atomic mass is 10.1. The van der Waals surface area contributed by atoms with Gasteiger partial charge in [-0.15, -0.1) is 0 Å². The molecule has 0 aliphatic heterocycles. The molecule has 6 nitrogen and oxygen atoms in total. The Hall–Kier alpha value is -4.27. The number of rotatable bonds is 5. The molecule has 0 saturated heterocycles. The van der Waals surface area contributed by atoms with Gasteiger partial charge in [0.1, 0.15) is 11.5 Å². The average Bonchev–Trinajstić information content (AvgIpc) is 3.52. The maximum absolute atomic E-state index is 14.0. The molecule has 2 aromatic heterocycles. The van der Waals surface area contributed by atoms with Crippen molar-refractivity contribution in [3.05, 3.63) is 120 Å². The van der Waals surface area contributed by atoms with Gasteiger partial charge >= 0.3 is 0 Å².